The van der Waals surface area contributed by atoms with Gasteiger partial charge in [0.05, 0.1) is 5.56 Å². The average Bonchev–Trinajstić information content (AvgIpc) is 2.59. The Kier molecular flexibility index (Phi) is 4.09. The van der Waals surface area contributed by atoms with E-state index in [0.29, 0.717) is 18.1 Å². The second-order valence-corrected chi connectivity index (χ2v) is 4.26. The molecule has 0 fully saturated rings. The van der Waals surface area contributed by atoms with E-state index in [-0.39, 0.29) is 24.0 Å². The van der Waals surface area contributed by atoms with Gasteiger partial charge in [-0.1, -0.05) is 0 Å². The zero-order chi connectivity index (χ0) is 11.1. The Bertz CT molecular complexity index is 366. The lowest BCUT2D eigenvalue weighted by Gasteiger charge is -2.23. The standard InChI is InChI=1S/C9H10F3NOS.ClH/c1-13-5-2-6-7(9(10,11)12)4-15-8(6)14-3-5;/h4-5,13H,2-3H2,1H3;1H. The normalized spacial score (nSPS) is 19.6. The average molecular weight is 274 g/mol. The fraction of sp³-hybridized carbons (Fsp3) is 0.556. The Balaban J connectivity index is 0.00000128. The number of nitrogens with one attached hydrogen (secondary N) is 1. The van der Waals surface area contributed by atoms with Gasteiger partial charge < -0.3 is 10.1 Å². The summed E-state index contributed by atoms with van der Waals surface area (Å²) in [5.41, 5.74) is -0.263. The summed E-state index contributed by atoms with van der Waals surface area (Å²) in [7, 11) is 1.72. The molecule has 1 aromatic rings. The number of thiophene rings is 1. The minimum Gasteiger partial charge on any atom is -0.482 e. The Morgan fingerprint density at radius 3 is 2.75 bits per heavy atom. The van der Waals surface area contributed by atoms with E-state index in [1.54, 1.807) is 7.05 Å². The predicted molar refractivity (Wildman–Crippen MR) is 58.6 cm³/mol. The third kappa shape index (κ3) is 2.44. The van der Waals surface area contributed by atoms with E-state index in [1.165, 1.54) is 0 Å². The molecule has 2 nitrogen and oxygen atoms in total. The number of ether oxygens (including phenoxy) is 1. The minimum absolute atomic E-state index is 0. The molecule has 0 radical (unpaired) electrons. The summed E-state index contributed by atoms with van der Waals surface area (Å²) in [4.78, 5) is 0. The molecule has 2 heterocycles. The second-order valence-electron chi connectivity index (χ2n) is 3.41. The summed E-state index contributed by atoms with van der Waals surface area (Å²) in [5, 5.41) is 4.46. The van der Waals surface area contributed by atoms with Gasteiger partial charge >= 0.3 is 6.18 Å². The number of hydrogen-bond acceptors (Lipinski definition) is 3. The van der Waals surface area contributed by atoms with Crippen molar-refractivity contribution >= 4 is 23.7 Å². The highest BCUT2D eigenvalue weighted by Crippen LogP contribution is 2.42. The molecular weight excluding hydrogens is 263 g/mol. The maximum absolute atomic E-state index is 12.6. The van der Waals surface area contributed by atoms with Gasteiger partial charge in [-0.3, -0.25) is 0 Å². The van der Waals surface area contributed by atoms with Gasteiger partial charge in [-0.15, -0.1) is 23.7 Å². The zero-order valence-electron chi connectivity index (χ0n) is 8.43. The zero-order valence-corrected chi connectivity index (χ0v) is 10.1. The molecule has 1 aliphatic rings. The van der Waals surface area contributed by atoms with Gasteiger partial charge in [0.15, 0.2) is 5.06 Å². The van der Waals surface area contributed by atoms with Crippen molar-refractivity contribution in [2.45, 2.75) is 18.6 Å². The molecule has 1 aromatic heterocycles. The van der Waals surface area contributed by atoms with Gasteiger partial charge in [0.25, 0.3) is 0 Å². The van der Waals surface area contributed by atoms with Crippen molar-refractivity contribution in [3.05, 3.63) is 16.5 Å². The fourth-order valence-corrected chi connectivity index (χ4v) is 2.56. The summed E-state index contributed by atoms with van der Waals surface area (Å²) in [6.07, 6.45) is -3.90. The van der Waals surface area contributed by atoms with E-state index in [9.17, 15) is 13.2 Å². The van der Waals surface area contributed by atoms with Crippen molar-refractivity contribution in [1.29, 1.82) is 0 Å². The molecule has 0 amide bonds. The largest absolute Gasteiger partial charge is 0.482 e. The number of likely N-dealkylation sites (N-methyl/N-ethyl adjacent to an activating group) is 1. The van der Waals surface area contributed by atoms with E-state index in [4.69, 9.17) is 4.74 Å². The molecular formula is C9H11ClF3NOS. The maximum atomic E-state index is 12.6. The quantitative estimate of drug-likeness (QED) is 0.849. The van der Waals surface area contributed by atoms with Crippen molar-refractivity contribution in [3.63, 3.8) is 0 Å². The highest BCUT2D eigenvalue weighted by Gasteiger charge is 2.38. The van der Waals surface area contributed by atoms with Crippen LogP contribution in [0.25, 0.3) is 0 Å². The molecule has 7 heteroatoms. The molecule has 92 valence electrons. The van der Waals surface area contributed by atoms with Crippen molar-refractivity contribution < 1.29 is 17.9 Å². The molecule has 1 N–H and O–H groups in total. The summed E-state index contributed by atoms with van der Waals surface area (Å²) in [6, 6.07) is -0.0341. The molecule has 0 saturated carbocycles. The number of fused-ring (bicyclic) bond motifs is 1. The smallest absolute Gasteiger partial charge is 0.417 e. The van der Waals surface area contributed by atoms with Crippen LogP contribution in [0.2, 0.25) is 0 Å². The third-order valence-corrected chi connectivity index (χ3v) is 3.37. The van der Waals surface area contributed by atoms with E-state index in [0.717, 1.165) is 16.7 Å². The molecule has 16 heavy (non-hydrogen) atoms. The van der Waals surface area contributed by atoms with Crippen LogP contribution in [-0.4, -0.2) is 19.7 Å². The summed E-state index contributed by atoms with van der Waals surface area (Å²) >= 11 is 1.02. The van der Waals surface area contributed by atoms with Crippen LogP contribution in [0.15, 0.2) is 5.38 Å². The fourth-order valence-electron chi connectivity index (χ4n) is 1.58. The summed E-state index contributed by atoms with van der Waals surface area (Å²) < 4.78 is 43.0. The topological polar surface area (TPSA) is 21.3 Å². The first-order valence-electron chi connectivity index (χ1n) is 4.50. The first-order valence-corrected chi connectivity index (χ1v) is 5.38. The highest BCUT2D eigenvalue weighted by atomic mass is 35.5. The number of halogens is 4. The molecule has 0 bridgehead atoms. The molecule has 0 aliphatic carbocycles. The molecule has 1 aliphatic heterocycles. The molecule has 1 atom stereocenters. The van der Waals surface area contributed by atoms with Crippen LogP contribution < -0.4 is 10.1 Å². The van der Waals surface area contributed by atoms with Gasteiger partial charge in [0.1, 0.15) is 6.61 Å². The van der Waals surface area contributed by atoms with Gasteiger partial charge in [0.2, 0.25) is 0 Å². The maximum Gasteiger partial charge on any atom is 0.417 e. The van der Waals surface area contributed by atoms with Crippen LogP contribution in [0.3, 0.4) is 0 Å². The lowest BCUT2D eigenvalue weighted by Crippen LogP contribution is -2.37. The number of hydrogen-bond donors (Lipinski definition) is 1. The third-order valence-electron chi connectivity index (χ3n) is 2.44. The SMILES string of the molecule is CNC1COc2scc(C(F)(F)F)c2C1.Cl. The van der Waals surface area contributed by atoms with E-state index < -0.39 is 11.7 Å². The van der Waals surface area contributed by atoms with Crippen LogP contribution >= 0.6 is 23.7 Å². The van der Waals surface area contributed by atoms with Crippen LogP contribution in [0.1, 0.15) is 11.1 Å². The Morgan fingerprint density at radius 1 is 1.50 bits per heavy atom. The molecule has 0 aromatic carbocycles. The van der Waals surface area contributed by atoms with Gasteiger partial charge in [-0.25, -0.2) is 0 Å². The predicted octanol–water partition coefficient (Wildman–Crippen LogP) is 2.71. The van der Waals surface area contributed by atoms with Crippen molar-refractivity contribution in [2.75, 3.05) is 13.7 Å². The van der Waals surface area contributed by atoms with Crippen molar-refractivity contribution in [3.8, 4) is 5.06 Å². The Labute approximate surface area is 101 Å². The molecule has 2 rings (SSSR count). The number of alkyl halides is 3. The molecule has 0 saturated heterocycles. The first-order chi connectivity index (χ1) is 7.02. The minimum atomic E-state index is -4.27. The monoisotopic (exact) mass is 273 g/mol. The van der Waals surface area contributed by atoms with E-state index >= 15 is 0 Å². The van der Waals surface area contributed by atoms with E-state index in [1.807, 2.05) is 0 Å². The van der Waals surface area contributed by atoms with E-state index in [2.05, 4.69) is 5.32 Å². The van der Waals surface area contributed by atoms with Crippen LogP contribution in [0.4, 0.5) is 13.2 Å². The molecule has 0 spiro atoms. The summed E-state index contributed by atoms with van der Waals surface area (Å²) in [6.45, 7) is 0.432. The second kappa shape index (κ2) is 4.81. The Hall–Kier alpha value is -0.460. The van der Waals surface area contributed by atoms with Crippen molar-refractivity contribution in [2.24, 2.45) is 0 Å². The lowest BCUT2D eigenvalue weighted by molar-refractivity contribution is -0.138. The van der Waals surface area contributed by atoms with Crippen LogP contribution in [0.5, 0.6) is 5.06 Å². The van der Waals surface area contributed by atoms with Crippen LogP contribution in [-0.2, 0) is 12.6 Å². The van der Waals surface area contributed by atoms with Gasteiger partial charge in [0, 0.05) is 17.0 Å². The lowest BCUT2D eigenvalue weighted by atomic mass is 10.0. The van der Waals surface area contributed by atoms with Gasteiger partial charge in [-0.2, -0.15) is 13.2 Å². The number of rotatable bonds is 1. The highest BCUT2D eigenvalue weighted by molar-refractivity contribution is 7.12. The summed E-state index contributed by atoms with van der Waals surface area (Å²) in [5.74, 6) is 0. The van der Waals surface area contributed by atoms with Crippen LogP contribution in [0, 0.1) is 0 Å². The Morgan fingerprint density at radius 2 is 2.19 bits per heavy atom. The van der Waals surface area contributed by atoms with Gasteiger partial charge in [-0.05, 0) is 13.5 Å². The molecule has 1 unspecified atom stereocenters. The first kappa shape index (κ1) is 13.6. The van der Waals surface area contributed by atoms with Crippen molar-refractivity contribution in [1.82, 2.24) is 5.32 Å².